The van der Waals surface area contributed by atoms with E-state index in [4.69, 9.17) is 0 Å². The molecule has 4 rings (SSSR count). The van der Waals surface area contributed by atoms with E-state index in [0.29, 0.717) is 54.4 Å². The number of ketones is 1. The second-order valence-electron chi connectivity index (χ2n) is 9.87. The number of piperidine rings is 1. The highest BCUT2D eigenvalue weighted by atomic mass is 32.1. The molecular weight excluding hydrogens is 464 g/mol. The minimum Gasteiger partial charge on any atom is -0.339 e. The number of likely N-dealkylation sites (tertiary alicyclic amines) is 1. The number of carbonyl (C=O) groups excluding carboxylic acids is 4. The molecule has 0 aromatic carbocycles. The normalized spacial score (nSPS) is 21.0. The number of amides is 4. The Balaban J connectivity index is 1.49. The zero-order valence-electron chi connectivity index (χ0n) is 20.5. The molecule has 8 nitrogen and oxygen atoms in total. The topological polar surface area (TPSA) is 99.7 Å². The Morgan fingerprint density at radius 2 is 1.97 bits per heavy atom. The zero-order valence-corrected chi connectivity index (χ0v) is 21.3. The molecule has 9 heteroatoms. The Labute approximate surface area is 209 Å². The van der Waals surface area contributed by atoms with Gasteiger partial charge in [0.2, 0.25) is 0 Å². The Morgan fingerprint density at radius 3 is 2.57 bits per heavy atom. The minimum atomic E-state index is -0.963. The van der Waals surface area contributed by atoms with Crippen LogP contribution in [0.3, 0.4) is 0 Å². The Bertz CT molecular complexity index is 1110. The lowest BCUT2D eigenvalue weighted by molar-refractivity contribution is -0.134. The van der Waals surface area contributed by atoms with Crippen LogP contribution in [0.2, 0.25) is 0 Å². The number of thiophene rings is 1. The molecule has 0 aliphatic carbocycles. The van der Waals surface area contributed by atoms with Crippen LogP contribution in [0, 0.1) is 11.8 Å². The summed E-state index contributed by atoms with van der Waals surface area (Å²) >= 11 is 1.28. The van der Waals surface area contributed by atoms with Crippen LogP contribution in [0.4, 0.5) is 4.79 Å². The molecule has 2 saturated heterocycles. The quantitative estimate of drug-likeness (QED) is 0.438. The van der Waals surface area contributed by atoms with Gasteiger partial charge in [0.15, 0.2) is 5.78 Å². The fourth-order valence-corrected chi connectivity index (χ4v) is 5.78. The molecule has 35 heavy (non-hydrogen) atoms. The average Bonchev–Trinajstić information content (AvgIpc) is 3.43. The molecule has 2 aromatic heterocycles. The first-order valence-corrected chi connectivity index (χ1v) is 13.0. The fourth-order valence-electron chi connectivity index (χ4n) is 5.00. The zero-order chi connectivity index (χ0) is 25.2. The van der Waals surface area contributed by atoms with Crippen LogP contribution in [0.1, 0.15) is 72.2 Å². The van der Waals surface area contributed by atoms with Gasteiger partial charge in [-0.25, -0.2) is 4.79 Å². The molecule has 2 fully saturated rings. The van der Waals surface area contributed by atoms with Crippen molar-refractivity contribution in [1.29, 1.82) is 0 Å². The largest absolute Gasteiger partial charge is 0.339 e. The summed E-state index contributed by atoms with van der Waals surface area (Å²) in [5, 5.41) is 4.80. The predicted octanol–water partition coefficient (Wildman–Crippen LogP) is 4.12. The van der Waals surface area contributed by atoms with Crippen molar-refractivity contribution in [2.75, 3.05) is 13.1 Å². The molecule has 1 atom stereocenters. The van der Waals surface area contributed by atoms with Crippen molar-refractivity contribution >= 4 is 35.0 Å². The number of nitrogens with zero attached hydrogens (tertiary/aromatic N) is 3. The van der Waals surface area contributed by atoms with Gasteiger partial charge in [0.1, 0.15) is 5.54 Å². The second-order valence-corrected chi connectivity index (χ2v) is 10.8. The first-order valence-electron chi connectivity index (χ1n) is 12.1. The van der Waals surface area contributed by atoms with E-state index in [1.807, 2.05) is 6.07 Å². The van der Waals surface area contributed by atoms with Crippen LogP contribution in [0.15, 0.2) is 35.8 Å². The summed E-state index contributed by atoms with van der Waals surface area (Å²) < 4.78 is 0. The number of pyridine rings is 1. The molecule has 1 N–H and O–H groups in total. The predicted molar refractivity (Wildman–Crippen MR) is 133 cm³/mol. The van der Waals surface area contributed by atoms with Crippen LogP contribution in [0.25, 0.3) is 0 Å². The second kappa shape index (κ2) is 10.3. The standard InChI is InChI=1S/C26H32N4O4S/c1-17(2)7-10-26(24(33)30(25(34)28-26)15-21-6-4-5-11-27-21)20-8-12-29(13-9-20)23(32)19-14-22(18(3)31)35-16-19/h4-6,11,14,16-17,20H,7-10,12-13,15H2,1-3H3,(H,28,34)/t26-/m0/s1. The van der Waals surface area contributed by atoms with Crippen molar-refractivity contribution in [3.8, 4) is 0 Å². The van der Waals surface area contributed by atoms with Crippen molar-refractivity contribution in [2.24, 2.45) is 11.8 Å². The summed E-state index contributed by atoms with van der Waals surface area (Å²) in [6.45, 7) is 6.86. The third-order valence-electron chi connectivity index (χ3n) is 7.04. The number of aromatic nitrogens is 1. The molecule has 0 radical (unpaired) electrons. The van der Waals surface area contributed by atoms with Crippen LogP contribution < -0.4 is 5.32 Å². The maximum atomic E-state index is 13.8. The van der Waals surface area contributed by atoms with Gasteiger partial charge in [0, 0.05) is 24.7 Å². The number of nitrogens with one attached hydrogen (secondary N) is 1. The summed E-state index contributed by atoms with van der Waals surface area (Å²) in [5.41, 5.74) is 0.229. The fraction of sp³-hybridized carbons (Fsp3) is 0.500. The van der Waals surface area contributed by atoms with Gasteiger partial charge in [0.25, 0.3) is 11.8 Å². The third-order valence-corrected chi connectivity index (χ3v) is 8.07. The summed E-state index contributed by atoms with van der Waals surface area (Å²) in [7, 11) is 0. The van der Waals surface area contributed by atoms with Crippen LogP contribution in [-0.4, -0.2) is 57.0 Å². The van der Waals surface area contributed by atoms with Crippen molar-refractivity contribution in [2.45, 2.75) is 58.5 Å². The highest BCUT2D eigenvalue weighted by Gasteiger charge is 2.55. The van der Waals surface area contributed by atoms with Crippen LogP contribution >= 0.6 is 11.3 Å². The van der Waals surface area contributed by atoms with Gasteiger partial charge in [-0.05, 0) is 62.6 Å². The first-order chi connectivity index (χ1) is 16.7. The van der Waals surface area contributed by atoms with Crippen molar-refractivity contribution in [3.05, 3.63) is 52.0 Å². The molecule has 0 unspecified atom stereocenters. The van der Waals surface area contributed by atoms with E-state index < -0.39 is 5.54 Å². The van der Waals surface area contributed by atoms with E-state index in [9.17, 15) is 19.2 Å². The molecule has 2 aliphatic heterocycles. The van der Waals surface area contributed by atoms with E-state index in [0.717, 1.165) is 6.42 Å². The van der Waals surface area contributed by atoms with Crippen LogP contribution in [0.5, 0.6) is 0 Å². The summed E-state index contributed by atoms with van der Waals surface area (Å²) in [4.78, 5) is 59.3. The maximum absolute atomic E-state index is 13.8. The SMILES string of the molecule is CC(=O)c1cc(C(=O)N2CCC([C@]3(CCC(C)C)NC(=O)N(Cc4ccccn4)C3=O)CC2)cs1. The molecule has 0 bridgehead atoms. The van der Waals surface area contributed by atoms with E-state index in [-0.39, 0.29) is 36.1 Å². The molecule has 4 heterocycles. The van der Waals surface area contributed by atoms with E-state index in [1.165, 1.54) is 23.2 Å². The number of hydrogen-bond acceptors (Lipinski definition) is 6. The smallest absolute Gasteiger partial charge is 0.325 e. The molecule has 0 spiro atoms. The van der Waals surface area contributed by atoms with Gasteiger partial charge in [0.05, 0.1) is 22.7 Å². The Hall–Kier alpha value is -3.07. The number of Topliss-reactive ketones (excluding diaryl/α,β-unsaturated/α-hetero) is 1. The molecular formula is C26H32N4O4S. The lowest BCUT2D eigenvalue weighted by Crippen LogP contribution is -2.56. The Morgan fingerprint density at radius 1 is 1.23 bits per heavy atom. The van der Waals surface area contributed by atoms with Gasteiger partial charge < -0.3 is 10.2 Å². The van der Waals surface area contributed by atoms with E-state index >= 15 is 0 Å². The third kappa shape index (κ3) is 5.15. The molecule has 2 aliphatic rings. The van der Waals surface area contributed by atoms with Gasteiger partial charge in [-0.15, -0.1) is 11.3 Å². The van der Waals surface area contributed by atoms with E-state index in [2.05, 4.69) is 24.1 Å². The Kier molecular flexibility index (Phi) is 7.35. The average molecular weight is 497 g/mol. The maximum Gasteiger partial charge on any atom is 0.325 e. The first kappa shape index (κ1) is 25.0. The number of rotatable bonds is 8. The number of hydrogen-bond donors (Lipinski definition) is 1. The lowest BCUT2D eigenvalue weighted by atomic mass is 9.73. The number of carbonyl (C=O) groups is 4. The van der Waals surface area contributed by atoms with Gasteiger partial charge in [-0.1, -0.05) is 19.9 Å². The highest BCUT2D eigenvalue weighted by Crippen LogP contribution is 2.38. The van der Waals surface area contributed by atoms with Crippen molar-refractivity contribution in [1.82, 2.24) is 20.1 Å². The summed E-state index contributed by atoms with van der Waals surface area (Å²) in [6, 6.07) is 6.72. The number of urea groups is 1. The van der Waals surface area contributed by atoms with Gasteiger partial charge >= 0.3 is 6.03 Å². The number of imide groups is 1. The molecule has 0 saturated carbocycles. The monoisotopic (exact) mass is 496 g/mol. The molecule has 2 aromatic rings. The van der Waals surface area contributed by atoms with E-state index in [1.54, 1.807) is 34.7 Å². The summed E-state index contributed by atoms with van der Waals surface area (Å²) in [5.74, 6) is -0.0158. The lowest BCUT2D eigenvalue weighted by Gasteiger charge is -2.41. The highest BCUT2D eigenvalue weighted by molar-refractivity contribution is 7.12. The molecule has 4 amide bonds. The summed E-state index contributed by atoms with van der Waals surface area (Å²) in [6.07, 6.45) is 4.28. The minimum absolute atomic E-state index is 0.0504. The molecule has 186 valence electrons. The van der Waals surface area contributed by atoms with Crippen molar-refractivity contribution in [3.63, 3.8) is 0 Å². The van der Waals surface area contributed by atoms with Crippen LogP contribution in [-0.2, 0) is 11.3 Å². The van der Waals surface area contributed by atoms with Gasteiger partial charge in [-0.3, -0.25) is 24.3 Å². The van der Waals surface area contributed by atoms with Gasteiger partial charge in [-0.2, -0.15) is 0 Å². The van der Waals surface area contributed by atoms with Crippen molar-refractivity contribution < 1.29 is 19.2 Å².